The van der Waals surface area contributed by atoms with Crippen LogP contribution < -0.4 is 40.8 Å². The van der Waals surface area contributed by atoms with E-state index in [9.17, 15) is 32.4 Å². The molecule has 15 nitrogen and oxygen atoms in total. The molecule has 1 aliphatic rings. The van der Waals surface area contributed by atoms with Gasteiger partial charge in [-0.3, -0.25) is 24.0 Å². The van der Waals surface area contributed by atoms with Crippen LogP contribution in [0.2, 0.25) is 0 Å². The number of benzene rings is 2. The lowest BCUT2D eigenvalue weighted by molar-refractivity contribution is -0.134. The summed E-state index contributed by atoms with van der Waals surface area (Å²) in [6, 6.07) is 11.3. The van der Waals surface area contributed by atoms with Gasteiger partial charge in [0.15, 0.2) is 18.1 Å². The highest BCUT2D eigenvalue weighted by molar-refractivity contribution is 7.88. The van der Waals surface area contributed by atoms with Crippen LogP contribution in [0.15, 0.2) is 48.5 Å². The highest BCUT2D eigenvalue weighted by atomic mass is 32.2. The van der Waals surface area contributed by atoms with Crippen LogP contribution >= 0.6 is 0 Å². The Morgan fingerprint density at radius 2 is 1.69 bits per heavy atom. The zero-order valence-electron chi connectivity index (χ0n) is 29.6. The van der Waals surface area contributed by atoms with Crippen LogP contribution in [0.1, 0.15) is 50.7 Å². The van der Waals surface area contributed by atoms with E-state index in [-0.39, 0.29) is 57.2 Å². The van der Waals surface area contributed by atoms with Gasteiger partial charge in [-0.2, -0.15) is 0 Å². The number of amides is 5. The van der Waals surface area contributed by atoms with Gasteiger partial charge in [0.1, 0.15) is 18.1 Å². The molecule has 5 amide bonds. The number of ether oxygens (including phenoxy) is 2. The molecule has 280 valence electrons. The maximum Gasteiger partial charge on any atom is 0.257 e. The van der Waals surface area contributed by atoms with Gasteiger partial charge in [0.2, 0.25) is 33.7 Å². The first kappa shape index (κ1) is 40.7. The summed E-state index contributed by atoms with van der Waals surface area (Å²) in [5.41, 5.74) is 1.67. The van der Waals surface area contributed by atoms with Crippen LogP contribution in [0, 0.1) is 5.92 Å². The largest absolute Gasteiger partial charge is 0.493 e. The van der Waals surface area contributed by atoms with E-state index in [1.807, 2.05) is 12.1 Å². The summed E-state index contributed by atoms with van der Waals surface area (Å²) in [5, 5.41) is 13.8. The molecule has 3 atom stereocenters. The van der Waals surface area contributed by atoms with E-state index in [1.54, 1.807) is 50.2 Å². The second-order valence-electron chi connectivity index (χ2n) is 12.7. The molecule has 16 heteroatoms. The third-order valence-corrected chi connectivity index (χ3v) is 8.78. The van der Waals surface area contributed by atoms with E-state index >= 15 is 0 Å². The quantitative estimate of drug-likeness (QED) is 0.210. The molecule has 0 saturated heterocycles. The number of hydrogen-bond donors (Lipinski definition) is 6. The van der Waals surface area contributed by atoms with Crippen LogP contribution in [0.3, 0.4) is 0 Å². The molecular formula is C35H50N6O9S. The van der Waals surface area contributed by atoms with Gasteiger partial charge in [-0.1, -0.05) is 50.2 Å². The van der Waals surface area contributed by atoms with Crippen molar-refractivity contribution in [2.45, 2.75) is 70.5 Å². The minimum Gasteiger partial charge on any atom is -0.493 e. The number of nitrogens with one attached hydrogen (secondary N) is 6. The highest BCUT2D eigenvalue weighted by Crippen LogP contribution is 2.28. The van der Waals surface area contributed by atoms with Crippen molar-refractivity contribution < 1.29 is 41.9 Å². The van der Waals surface area contributed by atoms with Crippen LogP contribution in [0.4, 0.5) is 0 Å². The van der Waals surface area contributed by atoms with Crippen molar-refractivity contribution in [1.29, 1.82) is 0 Å². The summed E-state index contributed by atoms with van der Waals surface area (Å²) < 4.78 is 36.3. The summed E-state index contributed by atoms with van der Waals surface area (Å²) >= 11 is 0. The number of carbonyl (C=O) groups excluding carboxylic acids is 5. The number of methoxy groups -OCH3 is 1. The number of fused-ring (bicyclic) bond motifs is 2. The van der Waals surface area contributed by atoms with Crippen LogP contribution in [-0.2, 0) is 46.8 Å². The Bertz CT molecular complexity index is 1600. The maximum atomic E-state index is 13.8. The number of aryl methyl sites for hydroxylation is 1. The standard InChI is InChI=1S/C35H50N6O9S/c1-23(2)32-35(46)37-18-8-12-25-14-15-28(49-3)29(21-25)50-22-31(43)36-17-9-13-26(39-30(42)16-19-38-51(4,47)48)33(44)40-27(34(45)41-32)20-24-10-6-5-7-11-24/h5-7,10-11,14-15,21,23,26-27,32,38H,8-9,12-13,16-20,22H2,1-4H3,(H,36,43)(H,37,46)(H,39,42)(H,40,44)(H,41,45)/t26-,27-,32+/m0/s1. The average molecular weight is 731 g/mol. The molecule has 0 saturated carbocycles. The fourth-order valence-electron chi connectivity index (χ4n) is 5.34. The van der Waals surface area contributed by atoms with Crippen LogP contribution in [-0.4, -0.2) is 95.7 Å². The minimum absolute atomic E-state index is 0.0742. The predicted molar refractivity (Wildman–Crippen MR) is 190 cm³/mol. The molecule has 1 heterocycles. The van der Waals surface area contributed by atoms with Gasteiger partial charge in [-0.25, -0.2) is 13.1 Å². The normalized spacial score (nSPS) is 20.3. The Morgan fingerprint density at radius 1 is 0.961 bits per heavy atom. The molecule has 0 unspecified atom stereocenters. The fourth-order valence-corrected chi connectivity index (χ4v) is 5.81. The SMILES string of the molecule is COc1ccc2cc1OCC(=O)NCCC[C@H](NC(=O)CCNS(C)(=O)=O)C(=O)N[C@@H](Cc1ccccc1)C(=O)N[C@H](C(C)C)C(=O)NCCC2. The molecule has 0 radical (unpaired) electrons. The van der Waals surface area contributed by atoms with E-state index < -0.39 is 51.8 Å². The number of sulfonamides is 1. The Morgan fingerprint density at radius 3 is 2.37 bits per heavy atom. The first-order valence-corrected chi connectivity index (χ1v) is 18.9. The average Bonchev–Trinajstić information content (AvgIpc) is 3.08. The molecule has 0 aromatic heterocycles. The van der Waals surface area contributed by atoms with E-state index in [1.165, 1.54) is 7.11 Å². The smallest absolute Gasteiger partial charge is 0.257 e. The molecule has 2 bridgehead atoms. The number of hydrogen-bond acceptors (Lipinski definition) is 9. The van der Waals surface area contributed by atoms with Gasteiger partial charge in [-0.05, 0) is 54.9 Å². The molecule has 6 N–H and O–H groups in total. The minimum atomic E-state index is -3.54. The summed E-state index contributed by atoms with van der Waals surface area (Å²) in [6.07, 6.45) is 2.34. The van der Waals surface area contributed by atoms with E-state index in [0.717, 1.165) is 17.4 Å². The summed E-state index contributed by atoms with van der Waals surface area (Å²) in [7, 11) is -2.04. The lowest BCUT2D eigenvalue weighted by Crippen LogP contribution is -2.58. The van der Waals surface area contributed by atoms with E-state index in [0.29, 0.717) is 30.9 Å². The molecular weight excluding hydrogens is 680 g/mol. The van der Waals surface area contributed by atoms with Gasteiger partial charge in [0.05, 0.1) is 13.4 Å². The molecule has 51 heavy (non-hydrogen) atoms. The summed E-state index contributed by atoms with van der Waals surface area (Å²) in [6.45, 7) is 3.61. The van der Waals surface area contributed by atoms with Crippen LogP contribution in [0.25, 0.3) is 0 Å². The topological polar surface area (TPSA) is 210 Å². The van der Waals surface area contributed by atoms with Gasteiger partial charge in [0, 0.05) is 32.5 Å². The molecule has 0 aliphatic carbocycles. The Hall–Kier alpha value is -4.70. The van der Waals surface area contributed by atoms with Crippen molar-refractivity contribution >= 4 is 39.6 Å². The highest BCUT2D eigenvalue weighted by Gasteiger charge is 2.31. The second kappa shape index (κ2) is 20.2. The van der Waals surface area contributed by atoms with Crippen LogP contribution in [0.5, 0.6) is 11.5 Å². The molecule has 2 aromatic carbocycles. The van der Waals surface area contributed by atoms with Crippen molar-refractivity contribution in [2.24, 2.45) is 5.92 Å². The molecule has 1 aliphatic heterocycles. The first-order valence-electron chi connectivity index (χ1n) is 17.0. The zero-order chi connectivity index (χ0) is 37.4. The molecule has 2 aromatic rings. The first-order chi connectivity index (χ1) is 24.3. The zero-order valence-corrected chi connectivity index (χ0v) is 30.4. The Balaban J connectivity index is 1.88. The summed E-state index contributed by atoms with van der Waals surface area (Å²) in [5.74, 6) is -2.07. The van der Waals surface area contributed by atoms with Crippen molar-refractivity contribution in [3.05, 3.63) is 59.7 Å². The predicted octanol–water partition coefficient (Wildman–Crippen LogP) is 0.325. The van der Waals surface area contributed by atoms with Crippen molar-refractivity contribution in [1.82, 2.24) is 31.3 Å². The van der Waals surface area contributed by atoms with Crippen molar-refractivity contribution in [3.63, 3.8) is 0 Å². The third-order valence-electron chi connectivity index (χ3n) is 8.05. The van der Waals surface area contributed by atoms with Gasteiger partial charge in [0.25, 0.3) is 5.91 Å². The lowest BCUT2D eigenvalue weighted by atomic mass is 10.00. The lowest BCUT2D eigenvalue weighted by Gasteiger charge is -2.27. The maximum absolute atomic E-state index is 13.8. The van der Waals surface area contributed by atoms with Gasteiger partial charge >= 0.3 is 0 Å². The van der Waals surface area contributed by atoms with E-state index in [2.05, 4.69) is 31.3 Å². The van der Waals surface area contributed by atoms with E-state index in [4.69, 9.17) is 9.47 Å². The fraction of sp³-hybridized carbons (Fsp3) is 0.514. The second-order valence-corrected chi connectivity index (χ2v) is 14.5. The Labute approximate surface area is 299 Å². The molecule has 3 rings (SSSR count). The molecule has 0 spiro atoms. The Kier molecular flexibility index (Phi) is 16.2. The van der Waals surface area contributed by atoms with Crippen molar-refractivity contribution in [2.75, 3.05) is 39.6 Å². The van der Waals surface area contributed by atoms with Gasteiger partial charge < -0.3 is 36.1 Å². The monoisotopic (exact) mass is 730 g/mol. The van der Waals surface area contributed by atoms with Crippen molar-refractivity contribution in [3.8, 4) is 11.5 Å². The van der Waals surface area contributed by atoms with Gasteiger partial charge in [-0.15, -0.1) is 0 Å². The number of rotatable bonds is 9. The summed E-state index contributed by atoms with van der Waals surface area (Å²) in [4.78, 5) is 66.3. The third kappa shape index (κ3) is 14.6. The molecule has 0 fully saturated rings. The number of carbonyl (C=O) groups is 5.